The van der Waals surface area contributed by atoms with Crippen LogP contribution in [0.4, 0.5) is 10.2 Å². The molecule has 1 spiro atoms. The fraction of sp³-hybridized carbons (Fsp3) is 0.548. The fourth-order valence-corrected chi connectivity index (χ4v) is 7.34. The lowest BCUT2D eigenvalue weighted by Gasteiger charge is -2.42. The van der Waals surface area contributed by atoms with Crippen LogP contribution in [-0.4, -0.2) is 82.7 Å². The molecule has 4 aliphatic rings. The predicted octanol–water partition coefficient (Wildman–Crippen LogP) is 3.44. The van der Waals surface area contributed by atoms with Gasteiger partial charge in [0.15, 0.2) is 5.83 Å². The molecule has 1 aromatic heterocycles. The Bertz CT molecular complexity index is 1410. The van der Waals surface area contributed by atoms with Crippen LogP contribution in [0, 0.1) is 11.3 Å². The zero-order valence-corrected chi connectivity index (χ0v) is 23.6. The highest BCUT2D eigenvalue weighted by Gasteiger charge is 2.44. The number of rotatable bonds is 6. The second-order valence-corrected chi connectivity index (χ2v) is 12.0. The van der Waals surface area contributed by atoms with Gasteiger partial charge in [0.2, 0.25) is 0 Å². The second kappa shape index (κ2) is 10.9. The molecule has 10 heteroatoms. The van der Waals surface area contributed by atoms with Gasteiger partial charge in [0.1, 0.15) is 18.2 Å². The maximum atomic E-state index is 13.8. The van der Waals surface area contributed by atoms with Gasteiger partial charge in [-0.05, 0) is 81.8 Å². The van der Waals surface area contributed by atoms with Crippen LogP contribution in [0.3, 0.4) is 0 Å². The van der Waals surface area contributed by atoms with Crippen LogP contribution in [0.25, 0.3) is 0 Å². The molecule has 41 heavy (non-hydrogen) atoms. The van der Waals surface area contributed by atoms with E-state index in [1.165, 1.54) is 16.0 Å². The highest BCUT2D eigenvalue weighted by atomic mass is 19.1. The number of nitrogens with zero attached hydrogens (tertiary/aromatic N) is 6. The summed E-state index contributed by atoms with van der Waals surface area (Å²) in [7, 11) is 2.11. The quantitative estimate of drug-likeness (QED) is 0.536. The van der Waals surface area contributed by atoms with E-state index in [4.69, 9.17) is 14.7 Å². The molecule has 1 unspecified atom stereocenters. The smallest absolute Gasteiger partial charge is 0.318 e. The van der Waals surface area contributed by atoms with Gasteiger partial charge in [-0.15, -0.1) is 0 Å². The zero-order valence-electron chi connectivity index (χ0n) is 23.6. The van der Waals surface area contributed by atoms with E-state index in [1.807, 2.05) is 12.1 Å². The van der Waals surface area contributed by atoms with Gasteiger partial charge in [0.25, 0.3) is 5.91 Å². The minimum absolute atomic E-state index is 0.0869. The first-order chi connectivity index (χ1) is 19.8. The SMILES string of the molecule is C=C(F)C(=O)N1CCN(c2nc(OC[C@@H]3CCCN3C)nc3c2CCC2(CCc4ccc(O)cc42)C3)C[C@@H]1CC#N. The minimum atomic E-state index is -1.01. The summed E-state index contributed by atoms with van der Waals surface area (Å²) in [4.78, 5) is 28.2. The molecule has 1 amide bonds. The summed E-state index contributed by atoms with van der Waals surface area (Å²) in [5.74, 6) is -0.704. The molecular weight excluding hydrogens is 523 g/mol. The summed E-state index contributed by atoms with van der Waals surface area (Å²) >= 11 is 0. The first-order valence-corrected chi connectivity index (χ1v) is 14.6. The Morgan fingerprint density at radius 3 is 2.83 bits per heavy atom. The molecule has 2 aliphatic carbocycles. The number of amides is 1. The van der Waals surface area contributed by atoms with Crippen molar-refractivity contribution in [3.63, 3.8) is 0 Å². The molecule has 6 rings (SSSR count). The lowest BCUT2D eigenvalue weighted by Crippen LogP contribution is -2.55. The Morgan fingerprint density at radius 2 is 2.07 bits per heavy atom. The van der Waals surface area contributed by atoms with Crippen molar-refractivity contribution in [2.45, 2.75) is 68.9 Å². The second-order valence-electron chi connectivity index (χ2n) is 12.0. The van der Waals surface area contributed by atoms with Gasteiger partial charge < -0.3 is 24.5 Å². The maximum Gasteiger partial charge on any atom is 0.318 e. The van der Waals surface area contributed by atoms with Crippen LogP contribution in [0.15, 0.2) is 30.6 Å². The Hall–Kier alpha value is -3.71. The summed E-state index contributed by atoms with van der Waals surface area (Å²) < 4.78 is 20.0. The number of piperazine rings is 1. The van der Waals surface area contributed by atoms with Crippen LogP contribution in [0.5, 0.6) is 11.8 Å². The van der Waals surface area contributed by atoms with Crippen molar-refractivity contribution >= 4 is 11.7 Å². The molecule has 3 heterocycles. The zero-order chi connectivity index (χ0) is 28.7. The number of ether oxygens (including phenoxy) is 1. The third-order valence-corrected chi connectivity index (χ3v) is 9.63. The van der Waals surface area contributed by atoms with Crippen molar-refractivity contribution in [2.75, 3.05) is 44.7 Å². The maximum absolute atomic E-state index is 13.8. The summed E-state index contributed by atoms with van der Waals surface area (Å²) in [5.41, 5.74) is 4.44. The lowest BCUT2D eigenvalue weighted by atomic mass is 9.69. The Kier molecular flexibility index (Phi) is 7.32. The van der Waals surface area contributed by atoms with Crippen molar-refractivity contribution in [1.82, 2.24) is 19.8 Å². The highest BCUT2D eigenvalue weighted by molar-refractivity contribution is 5.91. The number of phenolic OH excluding ortho intramolecular Hbond substituents is 1. The number of halogens is 1. The van der Waals surface area contributed by atoms with E-state index in [2.05, 4.69) is 29.5 Å². The van der Waals surface area contributed by atoms with E-state index in [0.717, 1.165) is 68.6 Å². The van der Waals surface area contributed by atoms with Gasteiger partial charge in [-0.3, -0.25) is 4.79 Å². The summed E-state index contributed by atoms with van der Waals surface area (Å²) in [6.45, 7) is 5.82. The number of hydrogen-bond donors (Lipinski definition) is 1. The number of likely N-dealkylation sites (N-methyl/N-ethyl adjacent to an activating group) is 1. The topological polar surface area (TPSA) is 106 Å². The van der Waals surface area contributed by atoms with E-state index in [-0.39, 0.29) is 24.1 Å². The fourth-order valence-electron chi connectivity index (χ4n) is 7.34. The van der Waals surface area contributed by atoms with Crippen molar-refractivity contribution in [3.05, 3.63) is 53.0 Å². The van der Waals surface area contributed by atoms with Crippen molar-refractivity contribution in [3.8, 4) is 17.8 Å². The molecule has 0 radical (unpaired) electrons. The average Bonchev–Trinajstić information content (AvgIpc) is 3.53. The van der Waals surface area contributed by atoms with E-state index in [0.29, 0.717) is 31.7 Å². The van der Waals surface area contributed by atoms with Crippen molar-refractivity contribution < 1.29 is 19.0 Å². The molecule has 0 saturated carbocycles. The Labute approximate surface area is 240 Å². The third kappa shape index (κ3) is 5.12. The lowest BCUT2D eigenvalue weighted by molar-refractivity contribution is -0.131. The van der Waals surface area contributed by atoms with Crippen molar-refractivity contribution in [2.24, 2.45) is 0 Å². The molecule has 2 aromatic rings. The van der Waals surface area contributed by atoms with Gasteiger partial charge in [-0.1, -0.05) is 12.6 Å². The number of nitriles is 1. The summed E-state index contributed by atoms with van der Waals surface area (Å²) in [5, 5.41) is 19.8. The number of likely N-dealkylation sites (tertiary alicyclic amines) is 1. The molecule has 2 aliphatic heterocycles. The number of aromatic nitrogens is 2. The number of carbonyl (C=O) groups excluding carboxylic acids is 1. The van der Waals surface area contributed by atoms with E-state index < -0.39 is 17.8 Å². The average molecular weight is 561 g/mol. The number of carbonyl (C=O) groups is 1. The molecule has 2 saturated heterocycles. The number of phenols is 1. The van der Waals surface area contributed by atoms with Crippen LogP contribution in [-0.2, 0) is 29.5 Å². The van der Waals surface area contributed by atoms with Crippen LogP contribution >= 0.6 is 0 Å². The normalized spacial score (nSPS) is 25.6. The van der Waals surface area contributed by atoms with Crippen LogP contribution in [0.1, 0.15) is 54.5 Å². The third-order valence-electron chi connectivity index (χ3n) is 9.63. The highest BCUT2D eigenvalue weighted by Crippen LogP contribution is 2.49. The molecule has 3 atom stereocenters. The number of aryl methyl sites for hydroxylation is 1. The molecular formula is C31H37FN6O3. The first-order valence-electron chi connectivity index (χ1n) is 14.6. The standard InChI is InChI=1S/C31H37FN6O3/c1-20(32)29(40)38-15-14-37(18-22(38)9-12-33)28-25-8-11-31(10-7-21-5-6-24(39)16-26(21)31)17-27(25)34-30(35-28)41-19-23-4-3-13-36(23)2/h5-6,16,22-23,39H,1,3-4,7-11,13-15,17-19H2,2H3/t22-,23-,31?/m0/s1. The van der Waals surface area contributed by atoms with Gasteiger partial charge in [0.05, 0.1) is 24.2 Å². The van der Waals surface area contributed by atoms with Gasteiger partial charge in [-0.25, -0.2) is 4.39 Å². The monoisotopic (exact) mass is 560 g/mol. The van der Waals surface area contributed by atoms with Gasteiger partial charge >= 0.3 is 6.01 Å². The predicted molar refractivity (Wildman–Crippen MR) is 152 cm³/mol. The number of anilines is 1. The van der Waals surface area contributed by atoms with E-state index in [1.54, 1.807) is 6.07 Å². The number of benzene rings is 1. The first kappa shape index (κ1) is 27.5. The largest absolute Gasteiger partial charge is 0.508 e. The summed E-state index contributed by atoms with van der Waals surface area (Å²) in [6.07, 6.45) is 6.71. The van der Waals surface area contributed by atoms with Crippen LogP contribution < -0.4 is 9.64 Å². The number of aromatic hydroxyl groups is 1. The number of fused-ring (bicyclic) bond motifs is 3. The molecule has 0 bridgehead atoms. The molecule has 1 N–H and O–H groups in total. The molecule has 2 fully saturated rings. The molecule has 216 valence electrons. The van der Waals surface area contributed by atoms with Crippen molar-refractivity contribution in [1.29, 1.82) is 5.26 Å². The molecule has 9 nitrogen and oxygen atoms in total. The van der Waals surface area contributed by atoms with Gasteiger partial charge in [0, 0.05) is 36.7 Å². The minimum Gasteiger partial charge on any atom is -0.508 e. The van der Waals surface area contributed by atoms with E-state index >= 15 is 0 Å². The molecule has 1 aromatic carbocycles. The van der Waals surface area contributed by atoms with E-state index in [9.17, 15) is 19.6 Å². The Morgan fingerprint density at radius 1 is 1.24 bits per heavy atom. The Balaban J connectivity index is 1.34. The van der Waals surface area contributed by atoms with Crippen LogP contribution in [0.2, 0.25) is 0 Å². The van der Waals surface area contributed by atoms with Gasteiger partial charge in [-0.2, -0.15) is 15.2 Å². The number of hydrogen-bond acceptors (Lipinski definition) is 8. The summed E-state index contributed by atoms with van der Waals surface area (Å²) in [6, 6.07) is 8.06.